The summed E-state index contributed by atoms with van der Waals surface area (Å²) in [6, 6.07) is 5.01. The first-order valence-electron chi connectivity index (χ1n) is 6.14. The molecule has 1 heterocycles. The van der Waals surface area contributed by atoms with E-state index in [4.69, 9.17) is 0 Å². The Morgan fingerprint density at radius 3 is 2.63 bits per heavy atom. The summed E-state index contributed by atoms with van der Waals surface area (Å²) in [5.74, 6) is -0.231. The zero-order chi connectivity index (χ0) is 13.7. The van der Waals surface area contributed by atoms with Crippen LogP contribution in [-0.2, 0) is 6.54 Å². The van der Waals surface area contributed by atoms with Gasteiger partial charge in [-0.2, -0.15) is 0 Å². The van der Waals surface area contributed by atoms with Crippen LogP contribution in [0.5, 0.6) is 0 Å². The third kappa shape index (κ3) is 4.29. The number of nitrogens with zero attached hydrogens (tertiary/aromatic N) is 2. The van der Waals surface area contributed by atoms with Gasteiger partial charge in [-0.05, 0) is 54.6 Å². The molecule has 1 N–H and O–H groups in total. The predicted octanol–water partition coefficient (Wildman–Crippen LogP) is 3.18. The summed E-state index contributed by atoms with van der Waals surface area (Å²) in [7, 11) is 0. The summed E-state index contributed by atoms with van der Waals surface area (Å²) in [6.45, 7) is 5.48. The van der Waals surface area contributed by atoms with Gasteiger partial charge in [-0.1, -0.05) is 6.92 Å². The molecular weight excluding hydrogens is 261 g/mol. The van der Waals surface area contributed by atoms with Crippen molar-refractivity contribution < 1.29 is 4.39 Å². The van der Waals surface area contributed by atoms with E-state index in [9.17, 15) is 4.39 Å². The Morgan fingerprint density at radius 1 is 1.21 bits per heavy atom. The van der Waals surface area contributed by atoms with Crippen molar-refractivity contribution >= 4 is 11.8 Å². The maximum atomic E-state index is 13.5. The minimum atomic E-state index is -0.231. The normalized spacial score (nSPS) is 10.7. The molecule has 2 aromatic rings. The second-order valence-electron chi connectivity index (χ2n) is 4.22. The van der Waals surface area contributed by atoms with E-state index in [0.29, 0.717) is 11.7 Å². The first kappa shape index (κ1) is 14.0. The van der Waals surface area contributed by atoms with Crippen molar-refractivity contribution in [3.63, 3.8) is 0 Å². The molecule has 0 amide bonds. The molecule has 0 radical (unpaired) electrons. The van der Waals surface area contributed by atoms with Crippen molar-refractivity contribution in [2.45, 2.75) is 30.4 Å². The first-order valence-corrected chi connectivity index (χ1v) is 6.95. The van der Waals surface area contributed by atoms with E-state index < -0.39 is 0 Å². The van der Waals surface area contributed by atoms with Crippen molar-refractivity contribution in [2.24, 2.45) is 0 Å². The fraction of sp³-hybridized carbons (Fsp3) is 0.286. The van der Waals surface area contributed by atoms with Gasteiger partial charge in [-0.25, -0.2) is 14.4 Å². The van der Waals surface area contributed by atoms with Gasteiger partial charge in [-0.3, -0.25) is 0 Å². The van der Waals surface area contributed by atoms with Crippen molar-refractivity contribution in [3.05, 3.63) is 47.5 Å². The molecule has 0 fully saturated rings. The van der Waals surface area contributed by atoms with Crippen LogP contribution in [0, 0.1) is 12.7 Å². The molecule has 19 heavy (non-hydrogen) atoms. The molecule has 0 saturated heterocycles. The Balaban J connectivity index is 2.15. The molecule has 0 atom stereocenters. The lowest BCUT2D eigenvalue weighted by Crippen LogP contribution is -2.11. The average Bonchev–Trinajstić information content (AvgIpc) is 2.38. The highest BCUT2D eigenvalue weighted by molar-refractivity contribution is 7.99. The monoisotopic (exact) mass is 277 g/mol. The van der Waals surface area contributed by atoms with E-state index >= 15 is 0 Å². The van der Waals surface area contributed by atoms with E-state index in [1.807, 2.05) is 19.9 Å². The maximum absolute atomic E-state index is 13.5. The zero-order valence-electron chi connectivity index (χ0n) is 11.0. The highest BCUT2D eigenvalue weighted by Gasteiger charge is 2.04. The first-order chi connectivity index (χ1) is 9.17. The molecular formula is C14H16FN3S. The van der Waals surface area contributed by atoms with Crippen LogP contribution in [0.25, 0.3) is 0 Å². The van der Waals surface area contributed by atoms with Crippen LogP contribution < -0.4 is 5.32 Å². The fourth-order valence-electron chi connectivity index (χ4n) is 1.59. The van der Waals surface area contributed by atoms with E-state index in [-0.39, 0.29) is 5.82 Å². The number of hydrogen-bond acceptors (Lipinski definition) is 4. The summed E-state index contributed by atoms with van der Waals surface area (Å²) in [5.41, 5.74) is 1.94. The minimum Gasteiger partial charge on any atom is -0.313 e. The van der Waals surface area contributed by atoms with Gasteiger partial charge >= 0.3 is 0 Å². The maximum Gasteiger partial charge on any atom is 0.192 e. The van der Waals surface area contributed by atoms with Crippen LogP contribution in [0.3, 0.4) is 0 Å². The van der Waals surface area contributed by atoms with Crippen molar-refractivity contribution in [2.75, 3.05) is 6.54 Å². The molecule has 0 saturated carbocycles. The van der Waals surface area contributed by atoms with Gasteiger partial charge in [0.2, 0.25) is 0 Å². The Bertz CT molecular complexity index is 543. The lowest BCUT2D eigenvalue weighted by atomic mass is 10.2. The van der Waals surface area contributed by atoms with Crippen LogP contribution in [0.1, 0.15) is 18.1 Å². The number of aryl methyl sites for hydroxylation is 1. The molecule has 0 spiro atoms. The SMILES string of the molecule is CCNCc1cc(F)cc(Sc2ncc(C)cn2)c1. The predicted molar refractivity (Wildman–Crippen MR) is 74.7 cm³/mol. The van der Waals surface area contributed by atoms with Gasteiger partial charge in [0, 0.05) is 23.8 Å². The van der Waals surface area contributed by atoms with Gasteiger partial charge < -0.3 is 5.32 Å². The molecule has 0 aliphatic heterocycles. The highest BCUT2D eigenvalue weighted by atomic mass is 32.2. The Morgan fingerprint density at radius 2 is 1.95 bits per heavy atom. The highest BCUT2D eigenvalue weighted by Crippen LogP contribution is 2.26. The Hall–Kier alpha value is -1.46. The average molecular weight is 277 g/mol. The summed E-state index contributed by atoms with van der Waals surface area (Å²) in [5, 5.41) is 3.81. The molecule has 1 aromatic carbocycles. The summed E-state index contributed by atoms with van der Waals surface area (Å²) in [4.78, 5) is 9.23. The van der Waals surface area contributed by atoms with Crippen molar-refractivity contribution in [1.82, 2.24) is 15.3 Å². The summed E-state index contributed by atoms with van der Waals surface area (Å²) in [6.07, 6.45) is 3.52. The largest absolute Gasteiger partial charge is 0.313 e. The Kier molecular flexibility index (Phi) is 4.87. The van der Waals surface area contributed by atoms with Gasteiger partial charge in [0.15, 0.2) is 5.16 Å². The molecule has 5 heteroatoms. The summed E-state index contributed by atoms with van der Waals surface area (Å²) >= 11 is 1.37. The second-order valence-corrected chi connectivity index (χ2v) is 5.26. The summed E-state index contributed by atoms with van der Waals surface area (Å²) < 4.78 is 13.5. The van der Waals surface area contributed by atoms with Crippen LogP contribution in [0.15, 0.2) is 40.6 Å². The zero-order valence-corrected chi connectivity index (χ0v) is 11.8. The van der Waals surface area contributed by atoms with Gasteiger partial charge in [0.05, 0.1) is 0 Å². The van der Waals surface area contributed by atoms with Gasteiger partial charge in [-0.15, -0.1) is 0 Å². The molecule has 100 valence electrons. The third-order valence-electron chi connectivity index (χ3n) is 2.48. The molecule has 0 bridgehead atoms. The Labute approximate surface area is 116 Å². The molecule has 2 rings (SSSR count). The van der Waals surface area contributed by atoms with Gasteiger partial charge in [0.25, 0.3) is 0 Å². The number of hydrogen-bond donors (Lipinski definition) is 1. The van der Waals surface area contributed by atoms with Crippen LogP contribution >= 0.6 is 11.8 Å². The molecule has 0 aliphatic rings. The molecule has 3 nitrogen and oxygen atoms in total. The van der Waals surface area contributed by atoms with Crippen molar-refractivity contribution in [3.8, 4) is 0 Å². The van der Waals surface area contributed by atoms with Crippen LogP contribution in [-0.4, -0.2) is 16.5 Å². The van der Waals surface area contributed by atoms with Gasteiger partial charge in [0.1, 0.15) is 5.82 Å². The molecule has 0 aliphatic carbocycles. The van der Waals surface area contributed by atoms with Crippen molar-refractivity contribution in [1.29, 1.82) is 0 Å². The number of aromatic nitrogens is 2. The van der Waals surface area contributed by atoms with E-state index in [2.05, 4.69) is 15.3 Å². The lowest BCUT2D eigenvalue weighted by Gasteiger charge is -2.06. The number of nitrogens with one attached hydrogen (secondary N) is 1. The number of halogens is 1. The van der Waals surface area contributed by atoms with E-state index in [0.717, 1.165) is 22.6 Å². The third-order valence-corrected chi connectivity index (χ3v) is 3.34. The lowest BCUT2D eigenvalue weighted by molar-refractivity contribution is 0.617. The fourth-order valence-corrected chi connectivity index (χ4v) is 2.39. The van der Waals surface area contributed by atoms with Crippen LogP contribution in [0.4, 0.5) is 4.39 Å². The number of benzene rings is 1. The van der Waals surface area contributed by atoms with E-state index in [1.165, 1.54) is 17.8 Å². The molecule has 0 unspecified atom stereocenters. The standard InChI is InChI=1S/C14H16FN3S/c1-3-16-9-11-4-12(15)6-13(5-11)19-14-17-7-10(2)8-18-14/h4-8,16H,3,9H2,1-2H3. The molecule has 1 aromatic heterocycles. The smallest absolute Gasteiger partial charge is 0.192 e. The topological polar surface area (TPSA) is 37.8 Å². The quantitative estimate of drug-likeness (QED) is 0.852. The second kappa shape index (κ2) is 6.63. The minimum absolute atomic E-state index is 0.231. The number of rotatable bonds is 5. The van der Waals surface area contributed by atoms with E-state index in [1.54, 1.807) is 18.5 Å². The van der Waals surface area contributed by atoms with Crippen LogP contribution in [0.2, 0.25) is 0 Å².